The quantitative estimate of drug-likeness (QED) is 0.703. The van der Waals surface area contributed by atoms with Crippen LogP contribution in [0.5, 0.6) is 0 Å². The molecule has 0 radical (unpaired) electrons. The van der Waals surface area contributed by atoms with Gasteiger partial charge in [0.05, 0.1) is 12.2 Å². The number of nitrogens with zero attached hydrogens (tertiary/aromatic N) is 1. The highest BCUT2D eigenvalue weighted by Gasteiger charge is 2.20. The maximum atomic E-state index is 12.6. The maximum absolute atomic E-state index is 12.6. The average molecular weight is 383 g/mol. The first-order valence-electron chi connectivity index (χ1n) is 8.41. The molecule has 0 fully saturated rings. The third-order valence-corrected chi connectivity index (χ3v) is 4.49. The topological polar surface area (TPSA) is 60.3 Å². The molecule has 0 bridgehead atoms. The first kappa shape index (κ1) is 18.9. The van der Waals surface area contributed by atoms with Gasteiger partial charge in [-0.15, -0.1) is 0 Å². The summed E-state index contributed by atoms with van der Waals surface area (Å²) in [6, 6.07) is 19.5. The Hall–Kier alpha value is -2.89. The highest BCUT2D eigenvalue weighted by atomic mass is 35.5. The lowest BCUT2D eigenvalue weighted by molar-refractivity contribution is -0.126. The van der Waals surface area contributed by atoms with Crippen LogP contribution in [0.15, 0.2) is 77.7 Å². The minimum absolute atomic E-state index is 0.181. The lowest BCUT2D eigenvalue weighted by atomic mass is 10.1. The second-order valence-corrected chi connectivity index (χ2v) is 6.40. The number of aromatic nitrogens is 1. The van der Waals surface area contributed by atoms with E-state index >= 15 is 0 Å². The second kappa shape index (κ2) is 8.66. The smallest absolute Gasteiger partial charge is 0.258 e. The lowest BCUT2D eigenvalue weighted by Crippen LogP contribution is -2.25. The molecule has 138 valence electrons. The predicted octanol–water partition coefficient (Wildman–Crippen LogP) is 3.88. The summed E-state index contributed by atoms with van der Waals surface area (Å²) < 4.78 is 6.84. The number of rotatable bonds is 6. The van der Waals surface area contributed by atoms with E-state index in [1.54, 1.807) is 18.3 Å². The lowest BCUT2D eigenvalue weighted by Gasteiger charge is -2.16. The molecule has 0 spiro atoms. The third kappa shape index (κ3) is 4.64. The fourth-order valence-electron chi connectivity index (χ4n) is 2.77. The second-order valence-electron chi connectivity index (χ2n) is 5.99. The molecule has 0 unspecified atom stereocenters. The van der Waals surface area contributed by atoms with Crippen LogP contribution in [0.1, 0.15) is 17.2 Å². The highest BCUT2D eigenvalue weighted by Crippen LogP contribution is 2.19. The van der Waals surface area contributed by atoms with Gasteiger partial charge in [0.1, 0.15) is 0 Å². The number of anilines is 1. The molecule has 1 amide bonds. The van der Waals surface area contributed by atoms with E-state index in [0.717, 1.165) is 11.1 Å². The zero-order chi connectivity index (χ0) is 19.2. The summed E-state index contributed by atoms with van der Waals surface area (Å²) in [5.74, 6) is -0.313. The average Bonchev–Trinajstić information content (AvgIpc) is 2.67. The Kier molecular flexibility index (Phi) is 6.06. The molecule has 5 nitrogen and oxygen atoms in total. The van der Waals surface area contributed by atoms with Crippen molar-refractivity contribution >= 4 is 23.2 Å². The number of amides is 1. The molecule has 27 heavy (non-hydrogen) atoms. The van der Waals surface area contributed by atoms with Gasteiger partial charge in [0.15, 0.2) is 6.10 Å². The largest absolute Gasteiger partial charge is 0.367 e. The van der Waals surface area contributed by atoms with Gasteiger partial charge in [0.25, 0.3) is 11.5 Å². The molecule has 0 aliphatic heterocycles. The summed E-state index contributed by atoms with van der Waals surface area (Å²) in [6.07, 6.45) is 0.858. The first-order chi connectivity index (χ1) is 13.1. The van der Waals surface area contributed by atoms with Crippen molar-refractivity contribution in [3.8, 4) is 0 Å². The number of halogens is 1. The van der Waals surface area contributed by atoms with Crippen LogP contribution in [0.25, 0.3) is 0 Å². The molecule has 2 aromatic carbocycles. The number of nitrogens with one attached hydrogen (secondary N) is 1. The van der Waals surface area contributed by atoms with E-state index in [1.165, 1.54) is 17.7 Å². The van der Waals surface area contributed by atoms with Crippen molar-refractivity contribution in [1.82, 2.24) is 4.57 Å². The number of methoxy groups -OCH3 is 1. The van der Waals surface area contributed by atoms with E-state index in [4.69, 9.17) is 16.3 Å². The van der Waals surface area contributed by atoms with Crippen LogP contribution < -0.4 is 10.9 Å². The fourth-order valence-corrected chi connectivity index (χ4v) is 2.96. The summed E-state index contributed by atoms with van der Waals surface area (Å²) in [4.78, 5) is 24.8. The summed E-state index contributed by atoms with van der Waals surface area (Å²) in [7, 11) is 1.48. The molecule has 6 heteroatoms. The van der Waals surface area contributed by atoms with E-state index in [-0.39, 0.29) is 11.5 Å². The van der Waals surface area contributed by atoms with E-state index in [1.807, 2.05) is 48.5 Å². The Labute approximate surface area is 162 Å². The molecular formula is C21H19ClN2O3. The van der Waals surface area contributed by atoms with E-state index < -0.39 is 6.10 Å². The molecule has 0 saturated heterocycles. The summed E-state index contributed by atoms with van der Waals surface area (Å²) >= 11 is 6.18. The van der Waals surface area contributed by atoms with Gasteiger partial charge in [-0.05, 0) is 23.3 Å². The molecule has 3 aromatic rings. The molecule has 1 aromatic heterocycles. The van der Waals surface area contributed by atoms with E-state index in [0.29, 0.717) is 17.3 Å². The van der Waals surface area contributed by atoms with Crippen LogP contribution in [-0.2, 0) is 16.1 Å². The van der Waals surface area contributed by atoms with Crippen molar-refractivity contribution in [3.63, 3.8) is 0 Å². The zero-order valence-corrected chi connectivity index (χ0v) is 15.5. The molecule has 0 saturated carbocycles. The molecule has 1 atom stereocenters. The summed E-state index contributed by atoms with van der Waals surface area (Å²) in [6.45, 7) is 0.314. The van der Waals surface area contributed by atoms with Gasteiger partial charge >= 0.3 is 0 Å². The van der Waals surface area contributed by atoms with Gasteiger partial charge in [-0.25, -0.2) is 0 Å². The first-order valence-corrected chi connectivity index (χ1v) is 8.79. The Morgan fingerprint density at radius 2 is 1.78 bits per heavy atom. The third-order valence-electron chi connectivity index (χ3n) is 4.13. The van der Waals surface area contributed by atoms with Gasteiger partial charge in [-0.1, -0.05) is 60.1 Å². The number of ether oxygens (including phenoxy) is 1. The van der Waals surface area contributed by atoms with Gasteiger partial charge in [0.2, 0.25) is 0 Å². The van der Waals surface area contributed by atoms with Crippen molar-refractivity contribution in [2.45, 2.75) is 12.6 Å². The monoisotopic (exact) mass is 382 g/mol. The Morgan fingerprint density at radius 1 is 1.07 bits per heavy atom. The number of pyridine rings is 1. The van der Waals surface area contributed by atoms with Crippen LogP contribution >= 0.6 is 11.6 Å². The van der Waals surface area contributed by atoms with Crippen LogP contribution in [0.2, 0.25) is 5.02 Å². The van der Waals surface area contributed by atoms with Crippen LogP contribution in [0, 0.1) is 0 Å². The van der Waals surface area contributed by atoms with Crippen molar-refractivity contribution in [3.05, 3.63) is 99.4 Å². The number of hydrogen-bond donors (Lipinski definition) is 1. The van der Waals surface area contributed by atoms with Crippen molar-refractivity contribution in [2.75, 3.05) is 12.4 Å². The maximum Gasteiger partial charge on any atom is 0.258 e. The standard InChI is InChI=1S/C21H19ClN2O3/c1-27-20(15-7-3-2-4-8-15)21(26)23-17-11-12-19(25)24(14-17)13-16-9-5-6-10-18(16)22/h2-12,14,20H,13H2,1H3,(H,23,26)/t20-/m1/s1. The van der Waals surface area contributed by atoms with Gasteiger partial charge in [-0.3, -0.25) is 9.59 Å². The highest BCUT2D eigenvalue weighted by molar-refractivity contribution is 6.31. The SMILES string of the molecule is CO[C@@H](C(=O)Nc1ccc(=O)n(Cc2ccccc2Cl)c1)c1ccccc1. The molecule has 1 heterocycles. The predicted molar refractivity (Wildman–Crippen MR) is 106 cm³/mol. The normalized spacial score (nSPS) is 11.8. The molecule has 0 aliphatic carbocycles. The number of carbonyl (C=O) groups excluding carboxylic acids is 1. The number of benzene rings is 2. The zero-order valence-electron chi connectivity index (χ0n) is 14.8. The van der Waals surface area contributed by atoms with E-state index in [2.05, 4.69) is 5.32 Å². The summed E-state index contributed by atoms with van der Waals surface area (Å²) in [5.41, 5.74) is 1.90. The molecular weight excluding hydrogens is 364 g/mol. The Morgan fingerprint density at radius 3 is 2.48 bits per heavy atom. The minimum atomic E-state index is -0.741. The fraction of sp³-hybridized carbons (Fsp3) is 0.143. The summed E-state index contributed by atoms with van der Waals surface area (Å²) in [5, 5.41) is 3.39. The van der Waals surface area contributed by atoms with Crippen molar-refractivity contribution in [1.29, 1.82) is 0 Å². The minimum Gasteiger partial charge on any atom is -0.367 e. The molecule has 3 rings (SSSR count). The van der Waals surface area contributed by atoms with Crippen molar-refractivity contribution < 1.29 is 9.53 Å². The van der Waals surface area contributed by atoms with E-state index in [9.17, 15) is 9.59 Å². The Balaban J connectivity index is 1.80. The number of hydrogen-bond acceptors (Lipinski definition) is 3. The van der Waals surface area contributed by atoms with Crippen LogP contribution in [-0.4, -0.2) is 17.6 Å². The van der Waals surface area contributed by atoms with Crippen LogP contribution in [0.3, 0.4) is 0 Å². The number of carbonyl (C=O) groups is 1. The Bertz CT molecular complexity index is 986. The van der Waals surface area contributed by atoms with Crippen LogP contribution in [0.4, 0.5) is 5.69 Å². The van der Waals surface area contributed by atoms with Gasteiger partial charge in [0, 0.05) is 24.4 Å². The molecule has 0 aliphatic rings. The van der Waals surface area contributed by atoms with Gasteiger partial charge < -0.3 is 14.6 Å². The molecule has 1 N–H and O–H groups in total. The van der Waals surface area contributed by atoms with Gasteiger partial charge in [-0.2, -0.15) is 0 Å². The van der Waals surface area contributed by atoms with Crippen molar-refractivity contribution in [2.24, 2.45) is 0 Å².